The Kier molecular flexibility index (Phi) is 3.45. The number of nitrogens with zero attached hydrogens (tertiary/aromatic N) is 1. The Balaban J connectivity index is 3.15. The number of hydrogen-bond acceptors (Lipinski definition) is 5. The van der Waals surface area contributed by atoms with Crippen molar-refractivity contribution >= 4 is 11.7 Å². The molecule has 0 aliphatic carbocycles. The Bertz CT molecular complexity index is 453. The summed E-state index contributed by atoms with van der Waals surface area (Å²) < 4.78 is 0. The number of carbonyl (C=O) groups is 1. The van der Waals surface area contributed by atoms with Crippen LogP contribution in [0.15, 0.2) is 18.2 Å². The summed E-state index contributed by atoms with van der Waals surface area (Å²) in [7, 11) is 0. The molecular formula is C10H10N2O4. The third-order valence-corrected chi connectivity index (χ3v) is 2.00. The fraction of sp³-hybridized carbons (Fsp3) is 0.200. The number of carboxylic acids is 1. The number of nitriles is 1. The predicted octanol–water partition coefficient (Wildman–Crippen LogP) is -0.115. The molecule has 1 rings (SSSR count). The lowest BCUT2D eigenvalue weighted by atomic mass is 10.0. The normalized spacial score (nSPS) is 13.8. The van der Waals surface area contributed by atoms with Gasteiger partial charge in [-0.2, -0.15) is 5.26 Å². The molecule has 0 saturated carbocycles. The van der Waals surface area contributed by atoms with Crippen LogP contribution in [0.3, 0.4) is 0 Å². The number of aliphatic hydroxyl groups excluding tert-OH is 2. The highest BCUT2D eigenvalue weighted by molar-refractivity contribution is 5.89. The molecule has 0 aromatic heterocycles. The van der Waals surface area contributed by atoms with Crippen LogP contribution in [-0.4, -0.2) is 27.4 Å². The van der Waals surface area contributed by atoms with Crippen LogP contribution in [-0.2, 0) is 0 Å². The number of rotatable bonds is 3. The van der Waals surface area contributed by atoms with Gasteiger partial charge in [-0.15, -0.1) is 0 Å². The van der Waals surface area contributed by atoms with Crippen LogP contribution < -0.4 is 5.73 Å². The number of aliphatic hydroxyl groups is 2. The van der Waals surface area contributed by atoms with Crippen LogP contribution in [0.1, 0.15) is 22.0 Å². The molecule has 2 unspecified atom stereocenters. The third kappa shape index (κ3) is 2.48. The van der Waals surface area contributed by atoms with Gasteiger partial charge < -0.3 is 21.1 Å². The van der Waals surface area contributed by atoms with Crippen molar-refractivity contribution in [3.63, 3.8) is 0 Å². The highest BCUT2D eigenvalue weighted by Crippen LogP contribution is 2.21. The van der Waals surface area contributed by atoms with Gasteiger partial charge in [-0.25, -0.2) is 4.79 Å². The van der Waals surface area contributed by atoms with Crippen molar-refractivity contribution in [2.75, 3.05) is 5.73 Å². The maximum atomic E-state index is 10.7. The second kappa shape index (κ2) is 4.61. The summed E-state index contributed by atoms with van der Waals surface area (Å²) in [6.07, 6.45) is -3.10. The molecule has 6 nitrogen and oxygen atoms in total. The standard InChI is InChI=1S/C10H10N2O4/c11-4-8(13)9(14)5-1-6(10(15)16)3-7(12)2-5/h1-3,8-9,13-14H,12H2,(H,15,16). The zero-order valence-electron chi connectivity index (χ0n) is 8.16. The first kappa shape index (κ1) is 12.0. The molecule has 84 valence electrons. The van der Waals surface area contributed by atoms with E-state index >= 15 is 0 Å². The Morgan fingerprint density at radius 2 is 2.00 bits per heavy atom. The van der Waals surface area contributed by atoms with Crippen molar-refractivity contribution in [3.05, 3.63) is 29.3 Å². The molecule has 0 heterocycles. The van der Waals surface area contributed by atoms with E-state index < -0.39 is 18.2 Å². The van der Waals surface area contributed by atoms with E-state index in [1.807, 2.05) is 0 Å². The molecule has 16 heavy (non-hydrogen) atoms. The fourth-order valence-electron chi connectivity index (χ4n) is 1.22. The van der Waals surface area contributed by atoms with Crippen LogP contribution in [0.25, 0.3) is 0 Å². The van der Waals surface area contributed by atoms with Crippen molar-refractivity contribution in [1.29, 1.82) is 5.26 Å². The van der Waals surface area contributed by atoms with Crippen molar-refractivity contribution in [2.45, 2.75) is 12.2 Å². The number of carboxylic acid groups (broad SMARTS) is 1. The lowest BCUT2D eigenvalue weighted by Gasteiger charge is -2.13. The lowest BCUT2D eigenvalue weighted by molar-refractivity contribution is 0.0526. The van der Waals surface area contributed by atoms with Crippen molar-refractivity contribution in [3.8, 4) is 6.07 Å². The molecule has 6 heteroatoms. The molecule has 0 spiro atoms. The third-order valence-electron chi connectivity index (χ3n) is 2.00. The molecule has 1 aromatic rings. The summed E-state index contributed by atoms with van der Waals surface area (Å²) in [5, 5.41) is 35.8. The highest BCUT2D eigenvalue weighted by atomic mass is 16.4. The van der Waals surface area contributed by atoms with Gasteiger partial charge >= 0.3 is 5.97 Å². The number of hydrogen-bond donors (Lipinski definition) is 4. The highest BCUT2D eigenvalue weighted by Gasteiger charge is 2.19. The maximum Gasteiger partial charge on any atom is 0.335 e. The summed E-state index contributed by atoms with van der Waals surface area (Å²) in [4.78, 5) is 10.7. The van der Waals surface area contributed by atoms with E-state index in [-0.39, 0.29) is 16.8 Å². The van der Waals surface area contributed by atoms with Gasteiger partial charge in [0.2, 0.25) is 0 Å². The molecule has 0 bridgehead atoms. The Morgan fingerprint density at radius 1 is 1.38 bits per heavy atom. The SMILES string of the molecule is N#CC(O)C(O)c1cc(N)cc(C(=O)O)c1. The minimum atomic E-state index is -1.62. The summed E-state index contributed by atoms with van der Waals surface area (Å²) >= 11 is 0. The molecule has 2 atom stereocenters. The van der Waals surface area contributed by atoms with Gasteiger partial charge in [-0.3, -0.25) is 0 Å². The smallest absolute Gasteiger partial charge is 0.335 e. The van der Waals surface area contributed by atoms with Crippen LogP contribution in [0.2, 0.25) is 0 Å². The number of benzene rings is 1. The topological polar surface area (TPSA) is 128 Å². The van der Waals surface area contributed by atoms with Gasteiger partial charge in [0.25, 0.3) is 0 Å². The second-order valence-electron chi connectivity index (χ2n) is 3.21. The summed E-state index contributed by atoms with van der Waals surface area (Å²) in [5.74, 6) is -1.20. The maximum absolute atomic E-state index is 10.7. The van der Waals surface area contributed by atoms with Gasteiger partial charge in [0.05, 0.1) is 11.6 Å². The minimum absolute atomic E-state index is 0.0893. The molecule has 5 N–H and O–H groups in total. The molecule has 0 radical (unpaired) electrons. The quantitative estimate of drug-likeness (QED) is 0.417. The number of anilines is 1. The summed E-state index contributed by atoms with van der Waals surface area (Å²) in [6.45, 7) is 0. The van der Waals surface area contributed by atoms with Gasteiger partial charge in [0.1, 0.15) is 6.10 Å². The first-order valence-corrected chi connectivity index (χ1v) is 4.35. The Hall–Kier alpha value is -2.10. The molecular weight excluding hydrogens is 212 g/mol. The van der Waals surface area contributed by atoms with Crippen molar-refractivity contribution in [1.82, 2.24) is 0 Å². The molecule has 0 amide bonds. The summed E-state index contributed by atoms with van der Waals surface area (Å²) in [5.41, 5.74) is 5.55. The number of aromatic carboxylic acids is 1. The molecule has 0 aliphatic heterocycles. The molecule has 0 saturated heterocycles. The minimum Gasteiger partial charge on any atom is -0.478 e. The Morgan fingerprint density at radius 3 is 2.50 bits per heavy atom. The molecule has 0 fully saturated rings. The fourth-order valence-corrected chi connectivity index (χ4v) is 1.22. The lowest BCUT2D eigenvalue weighted by Crippen LogP contribution is -2.16. The van der Waals surface area contributed by atoms with Gasteiger partial charge in [-0.05, 0) is 23.8 Å². The Labute approximate surface area is 91.2 Å². The van der Waals surface area contributed by atoms with E-state index in [0.29, 0.717) is 0 Å². The van der Waals surface area contributed by atoms with Crippen LogP contribution >= 0.6 is 0 Å². The van der Waals surface area contributed by atoms with Crippen molar-refractivity contribution < 1.29 is 20.1 Å². The zero-order valence-corrected chi connectivity index (χ0v) is 8.16. The zero-order chi connectivity index (χ0) is 12.3. The number of nitrogens with two attached hydrogens (primary N) is 1. The monoisotopic (exact) mass is 222 g/mol. The van der Waals surface area contributed by atoms with Gasteiger partial charge in [0.15, 0.2) is 6.10 Å². The summed E-state index contributed by atoms with van der Waals surface area (Å²) in [6, 6.07) is 5.13. The largest absolute Gasteiger partial charge is 0.478 e. The van der Waals surface area contributed by atoms with Crippen LogP contribution in [0.5, 0.6) is 0 Å². The van der Waals surface area contributed by atoms with E-state index in [4.69, 9.17) is 21.2 Å². The molecule has 1 aromatic carbocycles. The second-order valence-corrected chi connectivity index (χ2v) is 3.21. The average molecular weight is 222 g/mol. The first-order valence-electron chi connectivity index (χ1n) is 4.35. The predicted molar refractivity (Wildman–Crippen MR) is 54.4 cm³/mol. The average Bonchev–Trinajstić information content (AvgIpc) is 2.26. The van der Waals surface area contributed by atoms with E-state index in [9.17, 15) is 9.90 Å². The first-order chi connectivity index (χ1) is 7.45. The van der Waals surface area contributed by atoms with E-state index in [1.165, 1.54) is 18.2 Å². The van der Waals surface area contributed by atoms with Gasteiger partial charge in [0, 0.05) is 5.69 Å². The number of nitrogen functional groups attached to an aromatic ring is 1. The van der Waals surface area contributed by atoms with E-state index in [1.54, 1.807) is 0 Å². The van der Waals surface area contributed by atoms with Crippen LogP contribution in [0, 0.1) is 11.3 Å². The molecule has 0 aliphatic rings. The van der Waals surface area contributed by atoms with E-state index in [2.05, 4.69) is 0 Å². The van der Waals surface area contributed by atoms with Crippen LogP contribution in [0.4, 0.5) is 5.69 Å². The van der Waals surface area contributed by atoms with Gasteiger partial charge in [-0.1, -0.05) is 0 Å². The van der Waals surface area contributed by atoms with E-state index in [0.717, 1.165) is 6.07 Å². The van der Waals surface area contributed by atoms with Crippen molar-refractivity contribution in [2.24, 2.45) is 0 Å².